The van der Waals surface area contributed by atoms with Crippen molar-refractivity contribution < 1.29 is 14.2 Å². The molecule has 0 saturated heterocycles. The molecule has 0 amide bonds. The number of methoxy groups -OCH3 is 2. The highest BCUT2D eigenvalue weighted by atomic mass is 16.5. The van der Waals surface area contributed by atoms with Crippen molar-refractivity contribution >= 4 is 0 Å². The number of unbranched alkanes of at least 4 members (excludes halogenated alkanes) is 1. The average molecular weight is 278 g/mol. The van der Waals surface area contributed by atoms with Crippen LogP contribution in [0.4, 0.5) is 0 Å². The molecule has 20 heavy (non-hydrogen) atoms. The topological polar surface area (TPSA) is 63.5 Å². The summed E-state index contributed by atoms with van der Waals surface area (Å²) in [5.74, 6) is 1.46. The second-order valence-electron chi connectivity index (χ2n) is 4.23. The molecule has 1 aromatic rings. The highest BCUT2D eigenvalue weighted by Crippen LogP contribution is 2.31. The molecule has 0 unspecified atom stereocenters. The molecule has 0 heterocycles. The Morgan fingerprint density at radius 1 is 1.25 bits per heavy atom. The smallest absolute Gasteiger partial charge is 0.165 e. The van der Waals surface area contributed by atoms with Crippen LogP contribution in [0.15, 0.2) is 18.2 Å². The van der Waals surface area contributed by atoms with Crippen molar-refractivity contribution in [1.82, 2.24) is 5.32 Å². The Kier molecular flexibility index (Phi) is 8.20. The van der Waals surface area contributed by atoms with Crippen LogP contribution in [0.1, 0.15) is 18.4 Å². The van der Waals surface area contributed by atoms with Crippen molar-refractivity contribution in [3.05, 3.63) is 23.8 Å². The lowest BCUT2D eigenvalue weighted by atomic mass is 10.2. The zero-order valence-corrected chi connectivity index (χ0v) is 12.1. The van der Waals surface area contributed by atoms with E-state index < -0.39 is 0 Å². The van der Waals surface area contributed by atoms with E-state index in [9.17, 15) is 0 Å². The molecule has 0 aliphatic heterocycles. The fourth-order valence-electron chi connectivity index (χ4n) is 1.75. The van der Waals surface area contributed by atoms with Gasteiger partial charge in [0.1, 0.15) is 0 Å². The number of nitrogens with zero attached hydrogens (tertiary/aromatic N) is 1. The minimum atomic E-state index is 0.497. The maximum atomic E-state index is 8.53. The van der Waals surface area contributed by atoms with Gasteiger partial charge in [-0.05, 0) is 12.5 Å². The fraction of sp³-hybridized carbons (Fsp3) is 0.533. The largest absolute Gasteiger partial charge is 0.493 e. The van der Waals surface area contributed by atoms with Crippen LogP contribution in [0.3, 0.4) is 0 Å². The quantitative estimate of drug-likeness (QED) is 0.664. The third-order valence-electron chi connectivity index (χ3n) is 2.76. The summed E-state index contributed by atoms with van der Waals surface area (Å²) >= 11 is 0. The minimum absolute atomic E-state index is 0.497. The predicted molar refractivity (Wildman–Crippen MR) is 76.9 cm³/mol. The summed E-state index contributed by atoms with van der Waals surface area (Å²) in [7, 11) is 3.30. The molecule has 5 nitrogen and oxygen atoms in total. The van der Waals surface area contributed by atoms with E-state index in [1.54, 1.807) is 14.2 Å². The van der Waals surface area contributed by atoms with Crippen LogP contribution in [0.2, 0.25) is 0 Å². The van der Waals surface area contributed by atoms with Crippen LogP contribution >= 0.6 is 0 Å². The SMILES string of the molecule is COCCNCc1cccc(OC)c1OCCCC#N. The Morgan fingerprint density at radius 3 is 2.80 bits per heavy atom. The number of rotatable bonds is 10. The van der Waals surface area contributed by atoms with Gasteiger partial charge in [-0.15, -0.1) is 0 Å². The molecular formula is C15H22N2O3. The molecule has 0 aromatic heterocycles. The summed E-state index contributed by atoms with van der Waals surface area (Å²) in [6.45, 7) is 2.65. The van der Waals surface area contributed by atoms with Gasteiger partial charge in [0.2, 0.25) is 0 Å². The van der Waals surface area contributed by atoms with E-state index in [1.807, 2.05) is 18.2 Å². The van der Waals surface area contributed by atoms with Crippen molar-refractivity contribution in [1.29, 1.82) is 5.26 Å². The molecule has 0 atom stereocenters. The van der Waals surface area contributed by atoms with Gasteiger partial charge in [-0.1, -0.05) is 12.1 Å². The molecule has 0 spiro atoms. The molecule has 0 aliphatic rings. The van der Waals surface area contributed by atoms with Crippen molar-refractivity contribution in [2.24, 2.45) is 0 Å². The first-order chi connectivity index (χ1) is 9.83. The van der Waals surface area contributed by atoms with Crippen molar-refractivity contribution in [2.75, 3.05) is 34.0 Å². The maximum absolute atomic E-state index is 8.53. The molecule has 1 rings (SSSR count). The van der Waals surface area contributed by atoms with E-state index in [4.69, 9.17) is 19.5 Å². The second-order valence-corrected chi connectivity index (χ2v) is 4.23. The lowest BCUT2D eigenvalue weighted by Gasteiger charge is -2.15. The Hall–Kier alpha value is -1.77. The molecule has 110 valence electrons. The Balaban J connectivity index is 2.63. The summed E-state index contributed by atoms with van der Waals surface area (Å²) in [6.07, 6.45) is 1.21. The normalized spacial score (nSPS) is 10.1. The number of benzene rings is 1. The molecule has 0 fully saturated rings. The van der Waals surface area contributed by atoms with Gasteiger partial charge in [-0.25, -0.2) is 0 Å². The van der Waals surface area contributed by atoms with Gasteiger partial charge < -0.3 is 19.5 Å². The summed E-state index contributed by atoms with van der Waals surface area (Å²) in [4.78, 5) is 0. The molecule has 5 heteroatoms. The summed E-state index contributed by atoms with van der Waals surface area (Å²) in [5, 5.41) is 11.8. The summed E-state index contributed by atoms with van der Waals surface area (Å²) in [5.41, 5.74) is 1.04. The Morgan fingerprint density at radius 2 is 2.10 bits per heavy atom. The van der Waals surface area contributed by atoms with Gasteiger partial charge in [0.25, 0.3) is 0 Å². The van der Waals surface area contributed by atoms with E-state index in [0.717, 1.165) is 17.9 Å². The van der Waals surface area contributed by atoms with Crippen LogP contribution in [0.5, 0.6) is 11.5 Å². The molecule has 1 aromatic carbocycles. The molecule has 0 radical (unpaired) electrons. The highest BCUT2D eigenvalue weighted by Gasteiger charge is 2.10. The molecule has 0 aliphatic carbocycles. The molecule has 1 N–H and O–H groups in total. The van der Waals surface area contributed by atoms with E-state index in [-0.39, 0.29) is 0 Å². The summed E-state index contributed by atoms with van der Waals surface area (Å²) < 4.78 is 16.1. The van der Waals surface area contributed by atoms with Crippen molar-refractivity contribution in [3.8, 4) is 17.6 Å². The lowest BCUT2D eigenvalue weighted by molar-refractivity contribution is 0.199. The average Bonchev–Trinajstić information content (AvgIpc) is 2.48. The first kappa shape index (κ1) is 16.3. The molecular weight excluding hydrogens is 256 g/mol. The zero-order valence-electron chi connectivity index (χ0n) is 12.1. The van der Waals surface area contributed by atoms with E-state index in [1.165, 1.54) is 0 Å². The van der Waals surface area contributed by atoms with Gasteiger partial charge in [0, 0.05) is 32.2 Å². The van der Waals surface area contributed by atoms with Crippen LogP contribution in [0.25, 0.3) is 0 Å². The van der Waals surface area contributed by atoms with Gasteiger partial charge in [0.15, 0.2) is 11.5 Å². The van der Waals surface area contributed by atoms with Gasteiger partial charge >= 0.3 is 0 Å². The number of nitriles is 1. The van der Waals surface area contributed by atoms with Crippen LogP contribution in [0, 0.1) is 11.3 Å². The lowest BCUT2D eigenvalue weighted by Crippen LogP contribution is -2.19. The van der Waals surface area contributed by atoms with Gasteiger partial charge in [-0.2, -0.15) is 5.26 Å². The zero-order chi connectivity index (χ0) is 14.6. The van der Waals surface area contributed by atoms with Crippen molar-refractivity contribution in [3.63, 3.8) is 0 Å². The minimum Gasteiger partial charge on any atom is -0.493 e. The summed E-state index contributed by atoms with van der Waals surface area (Å²) in [6, 6.07) is 7.92. The number of nitrogens with one attached hydrogen (secondary N) is 1. The predicted octanol–water partition coefficient (Wildman–Crippen LogP) is 2.11. The number of hydrogen-bond donors (Lipinski definition) is 1. The van der Waals surface area contributed by atoms with E-state index in [2.05, 4.69) is 11.4 Å². The molecule has 0 saturated carbocycles. The van der Waals surface area contributed by atoms with E-state index >= 15 is 0 Å². The van der Waals surface area contributed by atoms with Crippen molar-refractivity contribution in [2.45, 2.75) is 19.4 Å². The van der Waals surface area contributed by atoms with Crippen LogP contribution in [-0.2, 0) is 11.3 Å². The second kappa shape index (κ2) is 10.1. The van der Waals surface area contributed by atoms with Gasteiger partial charge in [0.05, 0.1) is 26.4 Å². The maximum Gasteiger partial charge on any atom is 0.165 e. The highest BCUT2D eigenvalue weighted by molar-refractivity contribution is 5.46. The number of para-hydroxylation sites is 1. The number of hydrogen-bond acceptors (Lipinski definition) is 5. The van der Waals surface area contributed by atoms with Crippen LogP contribution in [-0.4, -0.2) is 34.0 Å². The third-order valence-corrected chi connectivity index (χ3v) is 2.76. The Labute approximate surface area is 120 Å². The first-order valence-electron chi connectivity index (χ1n) is 6.68. The monoisotopic (exact) mass is 278 g/mol. The third kappa shape index (κ3) is 5.47. The number of ether oxygens (including phenoxy) is 3. The standard InChI is InChI=1S/C15H22N2O3/c1-18-11-9-17-12-13-6-5-7-14(19-2)15(13)20-10-4-3-8-16/h5-7,17H,3-4,9-12H2,1-2H3. The Bertz CT molecular complexity index is 430. The first-order valence-corrected chi connectivity index (χ1v) is 6.68. The molecule has 0 bridgehead atoms. The fourth-order valence-corrected chi connectivity index (χ4v) is 1.75. The van der Waals surface area contributed by atoms with Crippen LogP contribution < -0.4 is 14.8 Å². The van der Waals surface area contributed by atoms with E-state index in [0.29, 0.717) is 38.3 Å². The van der Waals surface area contributed by atoms with Gasteiger partial charge in [-0.3, -0.25) is 0 Å².